The Balaban J connectivity index is 1.90. The highest BCUT2D eigenvalue weighted by molar-refractivity contribution is 5.28. The number of unbranched alkanes of at least 4 members (excludes halogenated alkanes) is 1. The summed E-state index contributed by atoms with van der Waals surface area (Å²) in [5.41, 5.74) is 0. The molecule has 0 aromatic carbocycles. The van der Waals surface area contributed by atoms with Crippen LogP contribution in [0.4, 0.5) is 5.95 Å². The summed E-state index contributed by atoms with van der Waals surface area (Å²) in [7, 11) is 0. The minimum Gasteiger partial charge on any atom is -0.353 e. The molecule has 2 unspecified atom stereocenters. The lowest BCUT2D eigenvalue weighted by Gasteiger charge is -2.14. The van der Waals surface area contributed by atoms with E-state index in [0.717, 1.165) is 18.4 Å². The average molecular weight is 221 g/mol. The summed E-state index contributed by atoms with van der Waals surface area (Å²) >= 11 is 0. The van der Waals surface area contributed by atoms with Crippen LogP contribution in [0.25, 0.3) is 0 Å². The summed E-state index contributed by atoms with van der Waals surface area (Å²) in [5.74, 6) is 1.93. The van der Waals surface area contributed by atoms with Gasteiger partial charge in [0.15, 0.2) is 0 Å². The van der Waals surface area contributed by atoms with E-state index < -0.39 is 0 Å². The van der Waals surface area contributed by atoms with Gasteiger partial charge < -0.3 is 9.88 Å². The molecule has 1 fully saturated rings. The first-order valence-electron chi connectivity index (χ1n) is 6.57. The molecular formula is C13H23N3. The Kier molecular flexibility index (Phi) is 3.86. The zero-order valence-corrected chi connectivity index (χ0v) is 10.4. The molecule has 1 N–H and O–H groups in total. The molecule has 1 aromatic rings. The van der Waals surface area contributed by atoms with Crippen LogP contribution in [0.2, 0.25) is 0 Å². The Morgan fingerprint density at radius 1 is 1.50 bits per heavy atom. The van der Waals surface area contributed by atoms with Gasteiger partial charge >= 0.3 is 0 Å². The second-order valence-corrected chi connectivity index (χ2v) is 5.06. The molecule has 1 aliphatic carbocycles. The summed E-state index contributed by atoms with van der Waals surface area (Å²) in [6.07, 6.45) is 10.4. The number of rotatable bonds is 5. The topological polar surface area (TPSA) is 29.9 Å². The van der Waals surface area contributed by atoms with E-state index in [2.05, 4.69) is 34.9 Å². The highest BCUT2D eigenvalue weighted by Crippen LogP contribution is 2.27. The quantitative estimate of drug-likeness (QED) is 0.827. The highest BCUT2D eigenvalue weighted by Gasteiger charge is 2.21. The molecule has 1 saturated carbocycles. The molecule has 0 amide bonds. The fraction of sp³-hybridized carbons (Fsp3) is 0.769. The molecule has 0 spiro atoms. The van der Waals surface area contributed by atoms with Gasteiger partial charge in [0.1, 0.15) is 0 Å². The third-order valence-corrected chi connectivity index (χ3v) is 3.50. The van der Waals surface area contributed by atoms with E-state index in [1.165, 1.54) is 32.1 Å². The molecule has 0 bridgehead atoms. The van der Waals surface area contributed by atoms with Crippen LogP contribution < -0.4 is 5.32 Å². The molecule has 2 rings (SSSR count). The molecule has 0 aliphatic heterocycles. The number of nitrogens with zero attached hydrogens (tertiary/aromatic N) is 2. The molecule has 16 heavy (non-hydrogen) atoms. The number of anilines is 1. The molecule has 90 valence electrons. The second-order valence-electron chi connectivity index (χ2n) is 5.06. The zero-order chi connectivity index (χ0) is 11.4. The van der Waals surface area contributed by atoms with Crippen molar-refractivity contribution in [2.24, 2.45) is 5.92 Å². The van der Waals surface area contributed by atoms with Crippen molar-refractivity contribution >= 4 is 5.95 Å². The average Bonchev–Trinajstić information content (AvgIpc) is 2.86. The van der Waals surface area contributed by atoms with Crippen molar-refractivity contribution in [1.29, 1.82) is 0 Å². The van der Waals surface area contributed by atoms with Crippen LogP contribution in [-0.4, -0.2) is 15.6 Å². The predicted octanol–water partition coefficient (Wildman–Crippen LogP) is 3.28. The number of aromatic nitrogens is 2. The van der Waals surface area contributed by atoms with Crippen molar-refractivity contribution in [2.75, 3.05) is 5.32 Å². The first-order chi connectivity index (χ1) is 7.79. The van der Waals surface area contributed by atoms with E-state index in [4.69, 9.17) is 0 Å². The van der Waals surface area contributed by atoms with Crippen molar-refractivity contribution in [3.63, 3.8) is 0 Å². The van der Waals surface area contributed by atoms with Crippen LogP contribution in [0.15, 0.2) is 12.4 Å². The van der Waals surface area contributed by atoms with Gasteiger partial charge in [-0.3, -0.25) is 0 Å². The summed E-state index contributed by atoms with van der Waals surface area (Å²) in [6, 6.07) is 0.637. The van der Waals surface area contributed by atoms with E-state index in [9.17, 15) is 0 Å². The van der Waals surface area contributed by atoms with Crippen LogP contribution >= 0.6 is 0 Å². The van der Waals surface area contributed by atoms with Gasteiger partial charge in [0.05, 0.1) is 0 Å². The number of hydrogen-bond acceptors (Lipinski definition) is 2. The Labute approximate surface area is 98.3 Å². The van der Waals surface area contributed by atoms with E-state index in [1.807, 2.05) is 6.20 Å². The van der Waals surface area contributed by atoms with Crippen molar-refractivity contribution in [2.45, 2.75) is 58.5 Å². The maximum Gasteiger partial charge on any atom is 0.202 e. The first-order valence-corrected chi connectivity index (χ1v) is 6.57. The van der Waals surface area contributed by atoms with Crippen molar-refractivity contribution in [3.05, 3.63) is 12.4 Å². The SMILES string of the molecule is CCCCn1ccnc1NC1CCC(C)C1. The lowest BCUT2D eigenvalue weighted by atomic mass is 10.1. The third-order valence-electron chi connectivity index (χ3n) is 3.50. The maximum atomic E-state index is 4.41. The molecule has 1 heterocycles. The number of aryl methyl sites for hydroxylation is 1. The molecule has 1 aromatic heterocycles. The Morgan fingerprint density at radius 3 is 3.06 bits per heavy atom. The van der Waals surface area contributed by atoms with E-state index in [-0.39, 0.29) is 0 Å². The summed E-state index contributed by atoms with van der Waals surface area (Å²) in [6.45, 7) is 5.65. The van der Waals surface area contributed by atoms with Crippen LogP contribution in [0.5, 0.6) is 0 Å². The monoisotopic (exact) mass is 221 g/mol. The van der Waals surface area contributed by atoms with E-state index in [1.54, 1.807) is 0 Å². The van der Waals surface area contributed by atoms with Crippen LogP contribution in [0.1, 0.15) is 46.0 Å². The third kappa shape index (κ3) is 2.77. The van der Waals surface area contributed by atoms with Crippen LogP contribution in [0.3, 0.4) is 0 Å². The van der Waals surface area contributed by atoms with Gasteiger partial charge in [-0.05, 0) is 31.6 Å². The number of hydrogen-bond donors (Lipinski definition) is 1. The minimum atomic E-state index is 0.637. The first kappa shape index (κ1) is 11.5. The van der Waals surface area contributed by atoms with Gasteiger partial charge in [0, 0.05) is 25.0 Å². The molecule has 0 saturated heterocycles. The van der Waals surface area contributed by atoms with E-state index in [0.29, 0.717) is 6.04 Å². The Morgan fingerprint density at radius 2 is 2.38 bits per heavy atom. The Bertz CT molecular complexity index is 319. The van der Waals surface area contributed by atoms with Gasteiger partial charge in [0.25, 0.3) is 0 Å². The lowest BCUT2D eigenvalue weighted by Crippen LogP contribution is -2.18. The Hall–Kier alpha value is -0.990. The van der Waals surface area contributed by atoms with Crippen molar-refractivity contribution in [1.82, 2.24) is 9.55 Å². The normalized spacial score (nSPS) is 24.9. The van der Waals surface area contributed by atoms with Crippen LogP contribution in [0, 0.1) is 5.92 Å². The molecule has 3 heteroatoms. The van der Waals surface area contributed by atoms with Gasteiger partial charge in [-0.25, -0.2) is 4.98 Å². The predicted molar refractivity (Wildman–Crippen MR) is 67.6 cm³/mol. The zero-order valence-electron chi connectivity index (χ0n) is 10.4. The molecule has 2 atom stereocenters. The summed E-state index contributed by atoms with van der Waals surface area (Å²) < 4.78 is 2.24. The van der Waals surface area contributed by atoms with E-state index >= 15 is 0 Å². The summed E-state index contributed by atoms with van der Waals surface area (Å²) in [5, 5.41) is 3.58. The molecule has 0 radical (unpaired) electrons. The van der Waals surface area contributed by atoms with Crippen LogP contribution in [-0.2, 0) is 6.54 Å². The van der Waals surface area contributed by atoms with Crippen molar-refractivity contribution in [3.8, 4) is 0 Å². The van der Waals surface area contributed by atoms with Gasteiger partial charge in [-0.1, -0.05) is 20.3 Å². The van der Waals surface area contributed by atoms with Crippen molar-refractivity contribution < 1.29 is 0 Å². The van der Waals surface area contributed by atoms with Gasteiger partial charge in [0.2, 0.25) is 5.95 Å². The highest BCUT2D eigenvalue weighted by atomic mass is 15.2. The second kappa shape index (κ2) is 5.37. The minimum absolute atomic E-state index is 0.637. The fourth-order valence-electron chi connectivity index (χ4n) is 2.48. The number of nitrogens with one attached hydrogen (secondary N) is 1. The summed E-state index contributed by atoms with van der Waals surface area (Å²) in [4.78, 5) is 4.41. The lowest BCUT2D eigenvalue weighted by molar-refractivity contribution is 0.595. The largest absolute Gasteiger partial charge is 0.353 e. The number of imidazole rings is 1. The fourth-order valence-corrected chi connectivity index (χ4v) is 2.48. The van der Waals surface area contributed by atoms with Gasteiger partial charge in [-0.2, -0.15) is 0 Å². The van der Waals surface area contributed by atoms with Gasteiger partial charge in [-0.15, -0.1) is 0 Å². The molecular weight excluding hydrogens is 198 g/mol. The maximum absolute atomic E-state index is 4.41. The standard InChI is InChI=1S/C13H23N3/c1-3-4-8-16-9-7-14-13(16)15-12-6-5-11(2)10-12/h7,9,11-12H,3-6,8,10H2,1-2H3,(H,14,15). The molecule has 1 aliphatic rings. The smallest absolute Gasteiger partial charge is 0.202 e. The molecule has 3 nitrogen and oxygen atoms in total.